The van der Waals surface area contributed by atoms with Crippen LogP contribution in [-0.2, 0) is 14.3 Å². The van der Waals surface area contributed by atoms with Crippen LogP contribution in [0.15, 0.2) is 24.3 Å². The minimum Gasteiger partial charge on any atom is -0.444 e. The summed E-state index contributed by atoms with van der Waals surface area (Å²) in [5.74, 6) is 1.96. The van der Waals surface area contributed by atoms with Gasteiger partial charge in [-0.05, 0) is 78.5 Å². The van der Waals surface area contributed by atoms with Gasteiger partial charge in [-0.15, -0.1) is 6.42 Å². The lowest BCUT2D eigenvalue weighted by atomic mass is 9.88. The van der Waals surface area contributed by atoms with Gasteiger partial charge >= 0.3 is 6.09 Å². The Morgan fingerprint density at radius 3 is 2.15 bits per heavy atom. The topological polar surface area (TPSA) is 87.7 Å². The number of thiol groups is 1. The third kappa shape index (κ3) is 7.69. The van der Waals surface area contributed by atoms with E-state index < -0.39 is 29.3 Å². The molecule has 0 aliphatic heterocycles. The Hall–Kier alpha value is -2.66. The second-order valence-corrected chi connectivity index (χ2v) is 11.0. The molecule has 0 heterocycles. The number of terminal acetylenes is 1. The zero-order valence-corrected chi connectivity index (χ0v) is 21.9. The number of carbonyl (C=O) groups excluding carboxylic acids is 3. The van der Waals surface area contributed by atoms with Crippen molar-refractivity contribution < 1.29 is 19.1 Å². The molecule has 2 unspecified atom stereocenters. The molecule has 1 aromatic rings. The van der Waals surface area contributed by atoms with Crippen molar-refractivity contribution in [3.63, 3.8) is 0 Å². The highest BCUT2D eigenvalue weighted by molar-refractivity contribution is 7.80. The van der Waals surface area contributed by atoms with Gasteiger partial charge < -0.3 is 20.3 Å². The molecule has 1 aliphatic carbocycles. The van der Waals surface area contributed by atoms with E-state index in [2.05, 4.69) is 29.2 Å². The highest BCUT2D eigenvalue weighted by Crippen LogP contribution is 2.34. The Kier molecular flexibility index (Phi) is 9.07. The van der Waals surface area contributed by atoms with E-state index in [0.29, 0.717) is 11.1 Å². The van der Waals surface area contributed by atoms with Crippen LogP contribution >= 0.6 is 12.6 Å². The van der Waals surface area contributed by atoms with E-state index in [0.717, 1.165) is 19.3 Å². The first-order valence-electron chi connectivity index (χ1n) is 11.6. The van der Waals surface area contributed by atoms with E-state index in [1.54, 1.807) is 49.9 Å². The van der Waals surface area contributed by atoms with Crippen LogP contribution in [0.3, 0.4) is 0 Å². The predicted octanol–water partition coefficient (Wildman–Crippen LogP) is 3.83. The largest absolute Gasteiger partial charge is 0.444 e. The van der Waals surface area contributed by atoms with Gasteiger partial charge in [-0.2, -0.15) is 12.6 Å². The number of nitrogens with zero attached hydrogens (tertiary/aromatic N) is 1. The van der Waals surface area contributed by atoms with Gasteiger partial charge in [0.1, 0.15) is 17.7 Å². The average Bonchev–Trinajstić information content (AvgIpc) is 2.67. The Morgan fingerprint density at radius 1 is 1.15 bits per heavy atom. The van der Waals surface area contributed by atoms with Crippen LogP contribution in [0.2, 0.25) is 0 Å². The van der Waals surface area contributed by atoms with Gasteiger partial charge in [0.2, 0.25) is 11.8 Å². The van der Waals surface area contributed by atoms with Crippen LogP contribution in [-0.4, -0.2) is 51.8 Å². The number of nitrogens with one attached hydrogen (secondary N) is 2. The molecule has 7 nitrogen and oxygen atoms in total. The molecule has 8 heteroatoms. The molecule has 34 heavy (non-hydrogen) atoms. The summed E-state index contributed by atoms with van der Waals surface area (Å²) in [7, 11) is 0. The third-order valence-electron chi connectivity index (χ3n) is 5.31. The van der Waals surface area contributed by atoms with E-state index >= 15 is 0 Å². The summed E-state index contributed by atoms with van der Waals surface area (Å²) in [4.78, 5) is 41.4. The van der Waals surface area contributed by atoms with Crippen molar-refractivity contribution in [2.24, 2.45) is 0 Å². The monoisotopic (exact) mass is 487 g/mol. The van der Waals surface area contributed by atoms with Gasteiger partial charge in [-0.1, -0.05) is 18.1 Å². The van der Waals surface area contributed by atoms with Crippen LogP contribution in [0.25, 0.3) is 0 Å². The lowest BCUT2D eigenvalue weighted by Gasteiger charge is -2.44. The van der Waals surface area contributed by atoms with Crippen molar-refractivity contribution in [2.45, 2.75) is 90.1 Å². The summed E-state index contributed by atoms with van der Waals surface area (Å²) < 4.78 is 5.33. The molecule has 2 N–H and O–H groups in total. The molecule has 1 aromatic carbocycles. The van der Waals surface area contributed by atoms with E-state index in [4.69, 9.17) is 11.2 Å². The Morgan fingerprint density at radius 2 is 1.74 bits per heavy atom. The quantitative estimate of drug-likeness (QED) is 0.403. The Labute approximate surface area is 208 Å². The summed E-state index contributed by atoms with van der Waals surface area (Å²) >= 11 is 4.31. The van der Waals surface area contributed by atoms with Crippen molar-refractivity contribution in [1.29, 1.82) is 0 Å². The zero-order valence-electron chi connectivity index (χ0n) is 21.0. The van der Waals surface area contributed by atoms with Crippen molar-refractivity contribution in [3.8, 4) is 12.3 Å². The number of rotatable bonds is 7. The number of amides is 3. The second kappa shape index (κ2) is 11.2. The second-order valence-electron chi connectivity index (χ2n) is 10.6. The summed E-state index contributed by atoms with van der Waals surface area (Å²) in [5, 5.41) is 5.64. The molecule has 0 radical (unpaired) electrons. The van der Waals surface area contributed by atoms with Crippen LogP contribution in [0.5, 0.6) is 0 Å². The average molecular weight is 488 g/mol. The van der Waals surface area contributed by atoms with Crippen LogP contribution in [0.1, 0.15) is 78.0 Å². The fourth-order valence-corrected chi connectivity index (χ4v) is 3.88. The molecule has 0 bridgehead atoms. The molecule has 186 valence electrons. The molecule has 0 spiro atoms. The highest BCUT2D eigenvalue weighted by Gasteiger charge is 2.42. The zero-order chi connectivity index (χ0) is 25.7. The van der Waals surface area contributed by atoms with Gasteiger partial charge in [-0.25, -0.2) is 4.79 Å². The lowest BCUT2D eigenvalue weighted by Crippen LogP contribution is -2.59. The smallest absolute Gasteiger partial charge is 0.408 e. The van der Waals surface area contributed by atoms with Crippen molar-refractivity contribution >= 4 is 30.5 Å². The summed E-state index contributed by atoms with van der Waals surface area (Å²) in [5.41, 5.74) is 0.118. The van der Waals surface area contributed by atoms with Crippen LogP contribution in [0, 0.1) is 12.3 Å². The summed E-state index contributed by atoms with van der Waals surface area (Å²) in [6.07, 6.45) is 7.31. The molecule has 1 aliphatic rings. The molecule has 1 fully saturated rings. The van der Waals surface area contributed by atoms with Crippen molar-refractivity contribution in [2.75, 3.05) is 5.75 Å². The maximum absolute atomic E-state index is 13.8. The van der Waals surface area contributed by atoms with E-state index in [1.807, 2.05) is 20.8 Å². The maximum atomic E-state index is 13.8. The SMILES string of the molecule is C#Cc1ccc(C(C(=O)NC(C)(C)C)N(C(=O)C(CS)NC(=O)OC(C)(C)C)C2CCC2)cc1. The van der Waals surface area contributed by atoms with E-state index in [9.17, 15) is 14.4 Å². The normalized spacial score (nSPS) is 15.8. The first kappa shape index (κ1) is 27.6. The Balaban J connectivity index is 2.45. The number of carbonyl (C=O) groups is 3. The number of benzene rings is 1. The van der Waals surface area contributed by atoms with Gasteiger partial charge in [0.25, 0.3) is 0 Å². The number of hydrogen-bond donors (Lipinski definition) is 3. The van der Waals surface area contributed by atoms with Crippen molar-refractivity contribution in [1.82, 2.24) is 15.5 Å². The van der Waals surface area contributed by atoms with Gasteiger partial charge in [-0.3, -0.25) is 9.59 Å². The van der Waals surface area contributed by atoms with E-state index in [-0.39, 0.29) is 23.6 Å². The summed E-state index contributed by atoms with van der Waals surface area (Å²) in [6, 6.07) is 5.10. The fraction of sp³-hybridized carbons (Fsp3) is 0.577. The number of alkyl carbamates (subject to hydrolysis) is 1. The Bertz CT molecular complexity index is 921. The first-order valence-corrected chi connectivity index (χ1v) is 12.2. The first-order chi connectivity index (χ1) is 15.8. The molecule has 0 aromatic heterocycles. The molecule has 3 amide bonds. The standard InChI is InChI=1S/C26H37N3O4S/c1-8-17-12-14-18(15-13-17)21(22(30)28-25(2,3)4)29(19-10-9-11-19)23(31)20(16-34)27-24(32)33-26(5,6)7/h1,12-15,19-21,34H,9-11,16H2,2-7H3,(H,27,32)(H,28,30). The molecule has 2 atom stereocenters. The number of ether oxygens (including phenoxy) is 1. The molecular weight excluding hydrogens is 450 g/mol. The summed E-state index contributed by atoms with van der Waals surface area (Å²) in [6.45, 7) is 10.9. The molecule has 1 saturated carbocycles. The highest BCUT2D eigenvalue weighted by atomic mass is 32.1. The van der Waals surface area contributed by atoms with Crippen LogP contribution < -0.4 is 10.6 Å². The fourth-order valence-electron chi connectivity index (χ4n) is 3.64. The molecule has 2 rings (SSSR count). The maximum Gasteiger partial charge on any atom is 0.408 e. The van der Waals surface area contributed by atoms with Gasteiger partial charge in [0.15, 0.2) is 0 Å². The van der Waals surface area contributed by atoms with Gasteiger partial charge in [0.05, 0.1) is 0 Å². The molecular formula is C26H37N3O4S. The minimum atomic E-state index is -0.950. The third-order valence-corrected chi connectivity index (χ3v) is 5.68. The predicted molar refractivity (Wildman–Crippen MR) is 137 cm³/mol. The lowest BCUT2D eigenvalue weighted by molar-refractivity contribution is -0.147. The number of hydrogen-bond acceptors (Lipinski definition) is 5. The van der Waals surface area contributed by atoms with Crippen LogP contribution in [0.4, 0.5) is 4.79 Å². The van der Waals surface area contributed by atoms with Crippen molar-refractivity contribution in [3.05, 3.63) is 35.4 Å². The van der Waals surface area contributed by atoms with Gasteiger partial charge in [0, 0.05) is 22.9 Å². The minimum absolute atomic E-state index is 0.0605. The molecule has 0 saturated heterocycles. The van der Waals surface area contributed by atoms with E-state index in [1.165, 1.54) is 0 Å².